The summed E-state index contributed by atoms with van der Waals surface area (Å²) in [4.78, 5) is 0. The van der Waals surface area contributed by atoms with Crippen molar-refractivity contribution in [3.05, 3.63) is 29.8 Å². The lowest BCUT2D eigenvalue weighted by Crippen LogP contribution is -2.15. The molecule has 1 aromatic rings. The van der Waals surface area contributed by atoms with Gasteiger partial charge in [-0.3, -0.25) is 0 Å². The highest BCUT2D eigenvalue weighted by molar-refractivity contribution is 6.32. The van der Waals surface area contributed by atoms with Gasteiger partial charge in [-0.2, -0.15) is 0 Å². The van der Waals surface area contributed by atoms with Gasteiger partial charge in [-0.25, -0.2) is 0 Å². The number of rotatable bonds is 2. The molecule has 0 amide bonds. The van der Waals surface area contributed by atoms with Crippen molar-refractivity contribution in [3.63, 3.8) is 0 Å². The van der Waals surface area contributed by atoms with Crippen molar-refractivity contribution in [3.8, 4) is 0 Å². The Bertz CT molecular complexity index is 282. The summed E-state index contributed by atoms with van der Waals surface area (Å²) < 4.78 is 0. The third-order valence-electron chi connectivity index (χ3n) is 1.49. The minimum atomic E-state index is 0.194. The number of hydrogen-bond acceptors (Lipinski definition) is 2. The molecule has 0 saturated carbocycles. The van der Waals surface area contributed by atoms with Crippen LogP contribution in [0.25, 0.3) is 0 Å². The van der Waals surface area contributed by atoms with Crippen molar-refractivity contribution in [1.29, 1.82) is 0 Å². The van der Waals surface area contributed by atoms with Crippen molar-refractivity contribution in [1.82, 2.24) is 0 Å². The van der Waals surface area contributed by atoms with E-state index in [1.165, 1.54) is 0 Å². The Morgan fingerprint density at radius 3 is 2.50 bits per heavy atom. The molecule has 3 N–H and O–H groups in total. The van der Waals surface area contributed by atoms with Gasteiger partial charge in [-0.05, 0) is 5.56 Å². The summed E-state index contributed by atoms with van der Waals surface area (Å²) >= 11 is 0. The summed E-state index contributed by atoms with van der Waals surface area (Å²) in [6.07, 6.45) is 0.441. The fourth-order valence-electron chi connectivity index (χ4n) is 0.880. The number of benzene rings is 1. The predicted octanol–water partition coefficient (Wildman–Crippen LogP) is -0.231. The standard InChI is InChI=1S/C8H9BN2O/c9-7-3-1-6(2-4-7)5-8(10)11-12/h1-4,12H,5H2,(H2,10,11). The fraction of sp³-hybridized carbons (Fsp3) is 0.125. The van der Waals surface area contributed by atoms with Crippen LogP contribution in [0.4, 0.5) is 0 Å². The maximum atomic E-state index is 8.29. The Hall–Kier alpha value is -1.45. The topological polar surface area (TPSA) is 58.6 Å². The van der Waals surface area contributed by atoms with E-state index in [0.29, 0.717) is 11.9 Å². The Morgan fingerprint density at radius 2 is 2.00 bits per heavy atom. The van der Waals surface area contributed by atoms with Gasteiger partial charge in [0.25, 0.3) is 0 Å². The van der Waals surface area contributed by atoms with Crippen LogP contribution in [0, 0.1) is 0 Å². The monoisotopic (exact) mass is 160 g/mol. The number of nitrogens with two attached hydrogens (primary N) is 1. The van der Waals surface area contributed by atoms with Crippen molar-refractivity contribution < 1.29 is 5.21 Å². The third-order valence-corrected chi connectivity index (χ3v) is 1.49. The van der Waals surface area contributed by atoms with E-state index in [0.717, 1.165) is 5.56 Å². The van der Waals surface area contributed by atoms with Gasteiger partial charge in [0, 0.05) is 6.42 Å². The molecule has 0 aliphatic rings. The lowest BCUT2D eigenvalue weighted by Gasteiger charge is -1.99. The highest BCUT2D eigenvalue weighted by atomic mass is 16.4. The first-order chi connectivity index (χ1) is 5.72. The Kier molecular flexibility index (Phi) is 2.74. The second kappa shape index (κ2) is 3.81. The van der Waals surface area contributed by atoms with Gasteiger partial charge in [0.15, 0.2) is 0 Å². The zero-order valence-corrected chi connectivity index (χ0v) is 6.57. The molecule has 3 nitrogen and oxygen atoms in total. The number of hydrogen-bond donors (Lipinski definition) is 2. The van der Waals surface area contributed by atoms with E-state index in [1.54, 1.807) is 12.1 Å². The van der Waals surface area contributed by atoms with Gasteiger partial charge in [0.1, 0.15) is 13.7 Å². The normalized spacial score (nSPS) is 11.5. The van der Waals surface area contributed by atoms with E-state index in [9.17, 15) is 0 Å². The first-order valence-corrected chi connectivity index (χ1v) is 3.53. The smallest absolute Gasteiger partial charge is 0.143 e. The zero-order chi connectivity index (χ0) is 8.97. The second-order valence-electron chi connectivity index (χ2n) is 2.51. The van der Waals surface area contributed by atoms with Gasteiger partial charge in [-0.15, -0.1) is 0 Å². The first-order valence-electron chi connectivity index (χ1n) is 3.53. The molecule has 0 heterocycles. The summed E-state index contributed by atoms with van der Waals surface area (Å²) in [6.45, 7) is 0. The van der Waals surface area contributed by atoms with Gasteiger partial charge < -0.3 is 10.9 Å². The molecule has 0 fully saturated rings. The summed E-state index contributed by atoms with van der Waals surface area (Å²) in [5.74, 6) is 0.194. The first kappa shape index (κ1) is 8.65. The van der Waals surface area contributed by atoms with Crippen LogP contribution < -0.4 is 11.2 Å². The van der Waals surface area contributed by atoms with Gasteiger partial charge in [-0.1, -0.05) is 34.9 Å². The molecule has 0 aliphatic carbocycles. The maximum absolute atomic E-state index is 8.29. The van der Waals surface area contributed by atoms with Gasteiger partial charge >= 0.3 is 0 Å². The molecule has 0 saturated heterocycles. The lowest BCUT2D eigenvalue weighted by molar-refractivity contribution is 0.317. The molecule has 0 unspecified atom stereocenters. The molecule has 0 aromatic heterocycles. The predicted molar refractivity (Wildman–Crippen MR) is 48.9 cm³/mol. The Labute approximate surface area is 72.3 Å². The minimum Gasteiger partial charge on any atom is -0.409 e. The second-order valence-corrected chi connectivity index (χ2v) is 2.51. The van der Waals surface area contributed by atoms with Gasteiger partial charge in [0.2, 0.25) is 0 Å². The molecule has 0 aliphatic heterocycles. The number of nitrogens with zero attached hydrogens (tertiary/aromatic N) is 1. The van der Waals surface area contributed by atoms with Crippen LogP contribution in [0.3, 0.4) is 0 Å². The van der Waals surface area contributed by atoms with Crippen LogP contribution in [0.1, 0.15) is 5.56 Å². The van der Waals surface area contributed by atoms with Crippen LogP contribution in [0.2, 0.25) is 0 Å². The Morgan fingerprint density at radius 1 is 1.42 bits per heavy atom. The highest BCUT2D eigenvalue weighted by Crippen LogP contribution is 1.97. The number of oxime groups is 1. The van der Waals surface area contributed by atoms with Crippen LogP contribution in [-0.4, -0.2) is 18.9 Å². The quantitative estimate of drug-likeness (QED) is 0.206. The molecule has 12 heavy (non-hydrogen) atoms. The van der Waals surface area contributed by atoms with E-state index in [-0.39, 0.29) is 5.84 Å². The molecule has 0 atom stereocenters. The summed E-state index contributed by atoms with van der Waals surface area (Å²) in [7, 11) is 5.48. The molecular weight excluding hydrogens is 151 g/mol. The molecular formula is C8H9BN2O. The molecule has 0 spiro atoms. The fourth-order valence-corrected chi connectivity index (χ4v) is 0.880. The highest BCUT2D eigenvalue weighted by Gasteiger charge is 1.95. The third kappa shape index (κ3) is 2.30. The molecule has 0 bridgehead atoms. The summed E-state index contributed by atoms with van der Waals surface area (Å²) in [5.41, 5.74) is 6.99. The largest absolute Gasteiger partial charge is 0.409 e. The van der Waals surface area contributed by atoms with Crippen LogP contribution >= 0.6 is 0 Å². The molecule has 4 heteroatoms. The van der Waals surface area contributed by atoms with Crippen LogP contribution in [0.15, 0.2) is 29.4 Å². The summed E-state index contributed by atoms with van der Waals surface area (Å²) in [6, 6.07) is 7.24. The Balaban J connectivity index is 2.71. The van der Waals surface area contributed by atoms with Crippen molar-refractivity contribution in [2.75, 3.05) is 0 Å². The number of amidine groups is 1. The van der Waals surface area contributed by atoms with Crippen LogP contribution in [-0.2, 0) is 6.42 Å². The average molecular weight is 160 g/mol. The lowest BCUT2D eigenvalue weighted by atomic mass is 9.95. The van der Waals surface area contributed by atoms with Crippen LogP contribution in [0.5, 0.6) is 0 Å². The average Bonchev–Trinajstić information content (AvgIpc) is 2.09. The molecule has 1 rings (SSSR count). The molecule has 60 valence electrons. The van der Waals surface area contributed by atoms with E-state index in [4.69, 9.17) is 18.8 Å². The van der Waals surface area contributed by atoms with E-state index in [1.807, 2.05) is 12.1 Å². The zero-order valence-electron chi connectivity index (χ0n) is 6.57. The maximum Gasteiger partial charge on any atom is 0.143 e. The van der Waals surface area contributed by atoms with E-state index < -0.39 is 0 Å². The van der Waals surface area contributed by atoms with E-state index in [2.05, 4.69) is 5.16 Å². The van der Waals surface area contributed by atoms with E-state index >= 15 is 0 Å². The SMILES string of the molecule is [B]c1ccc(C/C(N)=N/O)cc1. The minimum absolute atomic E-state index is 0.194. The van der Waals surface area contributed by atoms with Gasteiger partial charge in [0.05, 0.1) is 0 Å². The van der Waals surface area contributed by atoms with Crippen molar-refractivity contribution in [2.45, 2.75) is 6.42 Å². The molecule has 1 aromatic carbocycles. The van der Waals surface area contributed by atoms with Crippen molar-refractivity contribution >= 4 is 19.1 Å². The molecule has 2 radical (unpaired) electrons. The summed E-state index contributed by atoms with van der Waals surface area (Å²) in [5, 5.41) is 11.2. The van der Waals surface area contributed by atoms with Crippen molar-refractivity contribution in [2.24, 2.45) is 10.9 Å².